The van der Waals surface area contributed by atoms with Crippen LogP contribution in [0.25, 0.3) is 10.9 Å². The predicted octanol–water partition coefficient (Wildman–Crippen LogP) is 3.53. The van der Waals surface area contributed by atoms with Crippen molar-refractivity contribution >= 4 is 47.1 Å². The number of rotatable bonds is 6. The van der Waals surface area contributed by atoms with E-state index < -0.39 is 0 Å². The summed E-state index contributed by atoms with van der Waals surface area (Å²) in [6.07, 6.45) is 0.298. The highest BCUT2D eigenvalue weighted by Gasteiger charge is 2.09. The summed E-state index contributed by atoms with van der Waals surface area (Å²) in [5, 5.41) is 13.3. The number of nitrogens with one attached hydrogen (secondary N) is 2. The summed E-state index contributed by atoms with van der Waals surface area (Å²) >= 11 is 2.17. The number of aromatic hydroxyl groups is 1. The number of alkyl carbamates (subject to hydrolysis) is 1. The second-order valence-electron chi connectivity index (χ2n) is 4.58. The Kier molecular flexibility index (Phi) is 6.04. The zero-order valence-corrected chi connectivity index (χ0v) is 14.6. The largest absolute Gasteiger partial charge is 0.508 e. The number of hydrogen-bond donors (Lipinski definition) is 3. The number of hydrogen-bond acceptors (Lipinski definition) is 4. The molecule has 1 amide bonds. The standard InChI is InChI=1S/C14H17IN2O3S/c1-9-11(4-5-16-14(19)20-6-7-21-15)12-8-10(18)2-3-13(12)17-9/h2-3,8,17-18H,4-7H2,1H3,(H,16,19). The third-order valence-corrected chi connectivity index (χ3v) is 4.78. The first-order chi connectivity index (χ1) is 10.1. The van der Waals surface area contributed by atoms with E-state index in [1.54, 1.807) is 21.1 Å². The number of fused-ring (bicyclic) bond motifs is 1. The quantitative estimate of drug-likeness (QED) is 0.494. The summed E-state index contributed by atoms with van der Waals surface area (Å²) in [6.45, 7) is 2.90. The number of carbonyl (C=O) groups is 1. The van der Waals surface area contributed by atoms with Crippen molar-refractivity contribution in [3.8, 4) is 5.75 Å². The van der Waals surface area contributed by atoms with Crippen LogP contribution in [0, 0.1) is 6.92 Å². The van der Waals surface area contributed by atoms with Gasteiger partial charge in [0.15, 0.2) is 0 Å². The van der Waals surface area contributed by atoms with Crippen LogP contribution in [0.2, 0.25) is 0 Å². The van der Waals surface area contributed by atoms with Crippen molar-refractivity contribution in [1.82, 2.24) is 10.3 Å². The lowest BCUT2D eigenvalue weighted by atomic mass is 10.1. The fraction of sp³-hybridized carbons (Fsp3) is 0.357. The molecule has 0 saturated heterocycles. The van der Waals surface area contributed by atoms with E-state index >= 15 is 0 Å². The monoisotopic (exact) mass is 420 g/mol. The molecule has 0 radical (unpaired) electrons. The molecule has 114 valence electrons. The first-order valence-electron chi connectivity index (χ1n) is 6.56. The molecule has 0 fully saturated rings. The molecular weight excluding hydrogens is 403 g/mol. The van der Waals surface area contributed by atoms with Crippen LogP contribution in [0.1, 0.15) is 11.3 Å². The van der Waals surface area contributed by atoms with Crippen LogP contribution in [0.4, 0.5) is 4.79 Å². The molecule has 3 N–H and O–H groups in total. The third-order valence-electron chi connectivity index (χ3n) is 3.14. The Morgan fingerprint density at radius 2 is 2.33 bits per heavy atom. The fourth-order valence-electron chi connectivity index (χ4n) is 2.20. The van der Waals surface area contributed by atoms with E-state index in [2.05, 4.69) is 31.5 Å². The minimum atomic E-state index is -0.388. The SMILES string of the molecule is Cc1[nH]c2ccc(O)cc2c1CCNC(=O)OCCSI. The maximum Gasteiger partial charge on any atom is 0.407 e. The van der Waals surface area contributed by atoms with E-state index in [0.717, 1.165) is 27.9 Å². The zero-order chi connectivity index (χ0) is 15.2. The Morgan fingerprint density at radius 3 is 3.10 bits per heavy atom. The van der Waals surface area contributed by atoms with Gasteiger partial charge in [0.05, 0.1) is 0 Å². The molecule has 0 aliphatic rings. The van der Waals surface area contributed by atoms with Gasteiger partial charge in [-0.1, -0.05) is 8.93 Å². The van der Waals surface area contributed by atoms with Crippen LogP contribution in [-0.4, -0.2) is 35.1 Å². The van der Waals surface area contributed by atoms with Gasteiger partial charge in [-0.3, -0.25) is 0 Å². The third kappa shape index (κ3) is 4.44. The zero-order valence-electron chi connectivity index (χ0n) is 11.6. The van der Waals surface area contributed by atoms with Crippen LogP contribution in [-0.2, 0) is 11.2 Å². The second kappa shape index (κ2) is 7.79. The lowest BCUT2D eigenvalue weighted by molar-refractivity contribution is 0.153. The van der Waals surface area contributed by atoms with Gasteiger partial charge in [-0.15, -0.1) is 0 Å². The smallest absolute Gasteiger partial charge is 0.407 e. The first kappa shape index (κ1) is 16.3. The van der Waals surface area contributed by atoms with Gasteiger partial charge in [0.1, 0.15) is 12.4 Å². The molecule has 0 aliphatic carbocycles. The molecule has 2 aromatic rings. The molecule has 2 rings (SSSR count). The molecule has 0 saturated carbocycles. The van der Waals surface area contributed by atoms with E-state index in [-0.39, 0.29) is 11.8 Å². The summed E-state index contributed by atoms with van der Waals surface area (Å²) in [7, 11) is 1.61. The number of benzene rings is 1. The molecule has 5 nitrogen and oxygen atoms in total. The highest BCUT2D eigenvalue weighted by Crippen LogP contribution is 2.25. The maximum atomic E-state index is 11.5. The van der Waals surface area contributed by atoms with Crippen LogP contribution in [0.3, 0.4) is 0 Å². The second-order valence-corrected chi connectivity index (χ2v) is 7.08. The molecule has 0 spiro atoms. The number of phenolic OH excluding ortho intramolecular Hbond substituents is 1. The average Bonchev–Trinajstić information content (AvgIpc) is 2.75. The van der Waals surface area contributed by atoms with Gasteiger partial charge in [-0.2, -0.15) is 0 Å². The normalized spacial score (nSPS) is 10.8. The Balaban J connectivity index is 1.93. The maximum absolute atomic E-state index is 11.5. The summed E-state index contributed by atoms with van der Waals surface area (Å²) in [6, 6.07) is 5.25. The molecule has 0 aliphatic heterocycles. The van der Waals surface area contributed by atoms with E-state index in [4.69, 9.17) is 4.74 Å². The summed E-state index contributed by atoms with van der Waals surface area (Å²) in [5.41, 5.74) is 3.14. The van der Waals surface area contributed by atoms with Gasteiger partial charge in [-0.25, -0.2) is 4.79 Å². The van der Waals surface area contributed by atoms with E-state index in [1.165, 1.54) is 0 Å². The number of halogens is 1. The average molecular weight is 420 g/mol. The Hall–Kier alpha value is -1.09. The van der Waals surface area contributed by atoms with Crippen molar-refractivity contribution < 1.29 is 14.6 Å². The summed E-state index contributed by atoms with van der Waals surface area (Å²) < 4.78 is 5.02. The summed E-state index contributed by atoms with van der Waals surface area (Å²) in [5.74, 6) is 1.03. The molecule has 7 heteroatoms. The lowest BCUT2D eigenvalue weighted by Gasteiger charge is -2.06. The lowest BCUT2D eigenvalue weighted by Crippen LogP contribution is -2.27. The van der Waals surface area contributed by atoms with Crippen molar-refractivity contribution in [2.75, 3.05) is 18.9 Å². The number of aryl methyl sites for hydroxylation is 1. The molecule has 0 unspecified atom stereocenters. The topological polar surface area (TPSA) is 74.4 Å². The van der Waals surface area contributed by atoms with Gasteiger partial charge >= 0.3 is 6.09 Å². The number of carbonyl (C=O) groups excluding carboxylic acids is 1. The molecule has 0 bridgehead atoms. The van der Waals surface area contributed by atoms with Gasteiger partial charge in [-0.05, 0) is 58.3 Å². The van der Waals surface area contributed by atoms with Gasteiger partial charge in [0, 0.05) is 28.9 Å². The first-order valence-corrected chi connectivity index (χ1v) is 10.1. The van der Waals surface area contributed by atoms with Crippen LogP contribution in [0.5, 0.6) is 5.75 Å². The van der Waals surface area contributed by atoms with Crippen LogP contribution >= 0.6 is 30.1 Å². The van der Waals surface area contributed by atoms with Crippen molar-refractivity contribution in [2.45, 2.75) is 13.3 Å². The Labute approximate surface area is 139 Å². The van der Waals surface area contributed by atoms with Gasteiger partial charge in [0.2, 0.25) is 0 Å². The van der Waals surface area contributed by atoms with Crippen LogP contribution in [0.15, 0.2) is 18.2 Å². The number of amides is 1. The van der Waals surface area contributed by atoms with Crippen molar-refractivity contribution in [1.29, 1.82) is 0 Å². The number of aromatic nitrogens is 1. The number of phenols is 1. The molecule has 1 aromatic carbocycles. The molecule has 1 heterocycles. The van der Waals surface area contributed by atoms with Crippen LogP contribution < -0.4 is 5.32 Å². The van der Waals surface area contributed by atoms with Gasteiger partial charge < -0.3 is 20.1 Å². The molecule has 1 aromatic heterocycles. The minimum absolute atomic E-state index is 0.242. The van der Waals surface area contributed by atoms with Crippen molar-refractivity contribution in [3.63, 3.8) is 0 Å². The van der Waals surface area contributed by atoms with Crippen molar-refractivity contribution in [2.24, 2.45) is 0 Å². The minimum Gasteiger partial charge on any atom is -0.508 e. The number of H-pyrrole nitrogens is 1. The van der Waals surface area contributed by atoms with Crippen molar-refractivity contribution in [3.05, 3.63) is 29.5 Å². The highest BCUT2D eigenvalue weighted by molar-refractivity contribution is 14.2. The van der Waals surface area contributed by atoms with E-state index in [9.17, 15) is 9.90 Å². The van der Waals surface area contributed by atoms with E-state index in [1.807, 2.05) is 13.0 Å². The number of ether oxygens (including phenoxy) is 1. The fourth-order valence-corrected chi connectivity index (χ4v) is 2.88. The summed E-state index contributed by atoms with van der Waals surface area (Å²) in [4.78, 5) is 14.7. The Morgan fingerprint density at radius 1 is 1.52 bits per heavy atom. The molecule has 21 heavy (non-hydrogen) atoms. The molecule has 0 atom stereocenters. The Bertz CT molecular complexity index is 630. The van der Waals surface area contributed by atoms with E-state index in [0.29, 0.717) is 19.6 Å². The highest BCUT2D eigenvalue weighted by atomic mass is 127. The van der Waals surface area contributed by atoms with Gasteiger partial charge in [0.25, 0.3) is 0 Å². The molecular formula is C14H17IN2O3S. The number of aromatic amines is 1. The predicted molar refractivity (Wildman–Crippen MR) is 94.2 cm³/mol.